The van der Waals surface area contributed by atoms with Gasteiger partial charge in [0, 0.05) is 37.4 Å². The van der Waals surface area contributed by atoms with Gasteiger partial charge in [-0.3, -0.25) is 9.88 Å². The fourth-order valence-corrected chi connectivity index (χ4v) is 2.52. The highest BCUT2D eigenvalue weighted by Gasteiger charge is 2.19. The first-order valence-electron chi connectivity index (χ1n) is 6.77. The first kappa shape index (κ1) is 12.6. The minimum atomic E-state index is 0.636. The van der Waals surface area contributed by atoms with E-state index in [1.54, 1.807) is 0 Å². The molecular formula is C15H24N2. The van der Waals surface area contributed by atoms with Gasteiger partial charge in [0.25, 0.3) is 0 Å². The summed E-state index contributed by atoms with van der Waals surface area (Å²) in [5.41, 5.74) is 4.15. The number of hydrogen-bond acceptors (Lipinski definition) is 2. The molecule has 0 saturated heterocycles. The Morgan fingerprint density at radius 2 is 2.06 bits per heavy atom. The molecule has 0 amide bonds. The van der Waals surface area contributed by atoms with Crippen LogP contribution in [0.1, 0.15) is 44.5 Å². The first-order chi connectivity index (χ1) is 8.06. The van der Waals surface area contributed by atoms with Gasteiger partial charge in [-0.25, -0.2) is 0 Å². The number of hydrogen-bond donors (Lipinski definition) is 0. The quantitative estimate of drug-likeness (QED) is 0.796. The Bertz CT molecular complexity index is 383. The fraction of sp³-hybridized carbons (Fsp3) is 0.667. The third-order valence-electron chi connectivity index (χ3n) is 3.50. The van der Waals surface area contributed by atoms with E-state index in [1.165, 1.54) is 16.8 Å². The third kappa shape index (κ3) is 3.06. The summed E-state index contributed by atoms with van der Waals surface area (Å²) in [5.74, 6) is 0.708. The molecule has 0 saturated carbocycles. The normalized spacial score (nSPS) is 16.6. The van der Waals surface area contributed by atoms with Crippen molar-refractivity contribution in [3.8, 4) is 0 Å². The second-order valence-electron chi connectivity index (χ2n) is 5.86. The summed E-state index contributed by atoms with van der Waals surface area (Å²) in [6.07, 6.45) is 4.32. The molecule has 2 nitrogen and oxygen atoms in total. The van der Waals surface area contributed by atoms with Crippen molar-refractivity contribution in [2.75, 3.05) is 6.54 Å². The maximum absolute atomic E-state index is 4.64. The Morgan fingerprint density at radius 1 is 1.29 bits per heavy atom. The molecule has 1 aliphatic rings. The Morgan fingerprint density at radius 3 is 2.71 bits per heavy atom. The zero-order chi connectivity index (χ0) is 12.4. The minimum Gasteiger partial charge on any atom is -0.296 e. The van der Waals surface area contributed by atoms with E-state index in [4.69, 9.17) is 0 Å². The molecular weight excluding hydrogens is 208 g/mol. The van der Waals surface area contributed by atoms with E-state index in [0.29, 0.717) is 12.0 Å². The summed E-state index contributed by atoms with van der Waals surface area (Å²) in [6, 6.07) is 3.01. The molecule has 0 N–H and O–H groups in total. The van der Waals surface area contributed by atoms with Crippen molar-refractivity contribution < 1.29 is 0 Å². The molecule has 2 heterocycles. The molecule has 1 aromatic heterocycles. The molecule has 0 atom stereocenters. The standard InChI is InChI=1S/C15H24N2/c1-11(2)7-13-8-14-10-17(12(3)4)6-5-15(14)16-9-13/h8-9,11-12H,5-7,10H2,1-4H3. The highest BCUT2D eigenvalue weighted by Crippen LogP contribution is 2.20. The van der Waals surface area contributed by atoms with Gasteiger partial charge >= 0.3 is 0 Å². The van der Waals surface area contributed by atoms with Gasteiger partial charge in [0.05, 0.1) is 0 Å². The van der Waals surface area contributed by atoms with Gasteiger partial charge in [-0.1, -0.05) is 19.9 Å². The Kier molecular flexibility index (Phi) is 3.82. The van der Waals surface area contributed by atoms with Gasteiger partial charge in [0.1, 0.15) is 0 Å². The van der Waals surface area contributed by atoms with Crippen LogP contribution in [0.5, 0.6) is 0 Å². The first-order valence-corrected chi connectivity index (χ1v) is 6.77. The number of aromatic nitrogens is 1. The van der Waals surface area contributed by atoms with Crippen molar-refractivity contribution in [2.24, 2.45) is 5.92 Å². The van der Waals surface area contributed by atoms with Crippen molar-refractivity contribution in [3.05, 3.63) is 29.1 Å². The molecule has 1 aliphatic heterocycles. The molecule has 0 spiro atoms. The summed E-state index contributed by atoms with van der Waals surface area (Å²) in [4.78, 5) is 7.17. The SMILES string of the molecule is CC(C)Cc1cnc2c(c1)CN(C(C)C)CC2. The van der Waals surface area contributed by atoms with E-state index in [9.17, 15) is 0 Å². The minimum absolute atomic E-state index is 0.636. The molecule has 1 aromatic rings. The van der Waals surface area contributed by atoms with E-state index < -0.39 is 0 Å². The van der Waals surface area contributed by atoms with Crippen LogP contribution < -0.4 is 0 Å². The molecule has 0 unspecified atom stereocenters. The smallest absolute Gasteiger partial charge is 0.0461 e. The number of rotatable bonds is 3. The zero-order valence-electron chi connectivity index (χ0n) is 11.5. The van der Waals surface area contributed by atoms with Crippen LogP contribution in [0.15, 0.2) is 12.3 Å². The van der Waals surface area contributed by atoms with Crippen LogP contribution in [-0.4, -0.2) is 22.5 Å². The number of nitrogens with zero attached hydrogens (tertiary/aromatic N) is 2. The third-order valence-corrected chi connectivity index (χ3v) is 3.50. The van der Waals surface area contributed by atoms with Gasteiger partial charge in [-0.2, -0.15) is 0 Å². The lowest BCUT2D eigenvalue weighted by Crippen LogP contribution is -2.36. The summed E-state index contributed by atoms with van der Waals surface area (Å²) in [5, 5.41) is 0. The van der Waals surface area contributed by atoms with Gasteiger partial charge in [-0.15, -0.1) is 0 Å². The summed E-state index contributed by atoms with van der Waals surface area (Å²) in [6.45, 7) is 11.3. The van der Waals surface area contributed by atoms with Gasteiger partial charge in [-0.05, 0) is 37.3 Å². The predicted octanol–water partition coefficient (Wildman–Crippen LogP) is 3.05. The molecule has 0 aromatic carbocycles. The zero-order valence-corrected chi connectivity index (χ0v) is 11.5. The van der Waals surface area contributed by atoms with Crippen molar-refractivity contribution >= 4 is 0 Å². The molecule has 17 heavy (non-hydrogen) atoms. The summed E-state index contributed by atoms with van der Waals surface area (Å²) < 4.78 is 0. The molecule has 0 radical (unpaired) electrons. The van der Waals surface area contributed by atoms with E-state index in [0.717, 1.165) is 25.9 Å². The lowest BCUT2D eigenvalue weighted by atomic mass is 9.98. The van der Waals surface area contributed by atoms with Crippen LogP contribution in [0, 0.1) is 5.92 Å². The van der Waals surface area contributed by atoms with Crippen molar-refractivity contribution in [2.45, 2.75) is 53.1 Å². The highest BCUT2D eigenvalue weighted by atomic mass is 15.2. The predicted molar refractivity (Wildman–Crippen MR) is 72.0 cm³/mol. The highest BCUT2D eigenvalue weighted by molar-refractivity contribution is 5.27. The fourth-order valence-electron chi connectivity index (χ4n) is 2.52. The van der Waals surface area contributed by atoms with Crippen LogP contribution in [-0.2, 0) is 19.4 Å². The molecule has 2 heteroatoms. The molecule has 2 rings (SSSR count). The average Bonchev–Trinajstić information content (AvgIpc) is 2.27. The number of fused-ring (bicyclic) bond motifs is 1. The van der Waals surface area contributed by atoms with Crippen LogP contribution in [0.2, 0.25) is 0 Å². The van der Waals surface area contributed by atoms with Crippen LogP contribution >= 0.6 is 0 Å². The van der Waals surface area contributed by atoms with E-state index in [1.807, 2.05) is 0 Å². The van der Waals surface area contributed by atoms with E-state index in [-0.39, 0.29) is 0 Å². The molecule has 94 valence electrons. The second-order valence-corrected chi connectivity index (χ2v) is 5.86. The monoisotopic (exact) mass is 232 g/mol. The van der Waals surface area contributed by atoms with Crippen molar-refractivity contribution in [3.63, 3.8) is 0 Å². The Hall–Kier alpha value is -0.890. The molecule has 0 aliphatic carbocycles. The van der Waals surface area contributed by atoms with Crippen molar-refractivity contribution in [1.82, 2.24) is 9.88 Å². The van der Waals surface area contributed by atoms with Gasteiger partial charge in [0.15, 0.2) is 0 Å². The second kappa shape index (κ2) is 5.18. The largest absolute Gasteiger partial charge is 0.296 e. The lowest BCUT2D eigenvalue weighted by molar-refractivity contribution is 0.201. The summed E-state index contributed by atoms with van der Waals surface area (Å²) >= 11 is 0. The molecule has 0 bridgehead atoms. The Balaban J connectivity index is 2.17. The maximum Gasteiger partial charge on any atom is 0.0461 e. The van der Waals surface area contributed by atoms with Crippen LogP contribution in [0.3, 0.4) is 0 Å². The topological polar surface area (TPSA) is 16.1 Å². The van der Waals surface area contributed by atoms with E-state index in [2.05, 4.69) is 49.8 Å². The average molecular weight is 232 g/mol. The van der Waals surface area contributed by atoms with Crippen molar-refractivity contribution in [1.29, 1.82) is 0 Å². The lowest BCUT2D eigenvalue weighted by Gasteiger charge is -2.31. The van der Waals surface area contributed by atoms with Gasteiger partial charge < -0.3 is 0 Å². The van der Waals surface area contributed by atoms with E-state index >= 15 is 0 Å². The maximum atomic E-state index is 4.64. The molecule has 0 fully saturated rings. The van der Waals surface area contributed by atoms with Crippen LogP contribution in [0.4, 0.5) is 0 Å². The summed E-state index contributed by atoms with van der Waals surface area (Å²) in [7, 11) is 0. The number of pyridine rings is 1. The van der Waals surface area contributed by atoms with Gasteiger partial charge in [0.2, 0.25) is 0 Å². The van der Waals surface area contributed by atoms with Crippen LogP contribution in [0.25, 0.3) is 0 Å². The Labute approximate surface area is 105 Å².